The highest BCUT2D eigenvalue weighted by atomic mass is 15.2. The van der Waals surface area contributed by atoms with Gasteiger partial charge < -0.3 is 5.73 Å². The zero-order valence-corrected chi connectivity index (χ0v) is 7.30. The number of aromatic nitrogens is 2. The lowest BCUT2D eigenvalue weighted by atomic mass is 10.1. The fourth-order valence-electron chi connectivity index (χ4n) is 1.66. The summed E-state index contributed by atoms with van der Waals surface area (Å²) in [5.74, 6) is 0.751. The summed E-state index contributed by atoms with van der Waals surface area (Å²) in [4.78, 5) is 2.36. The number of nitrogens with one attached hydrogen (secondary N) is 1. The monoisotopic (exact) mass is 166 g/mol. The van der Waals surface area contributed by atoms with Crippen LogP contribution in [0.4, 0.5) is 5.82 Å². The van der Waals surface area contributed by atoms with Crippen LogP contribution in [0.1, 0.15) is 18.2 Å². The second-order valence-corrected chi connectivity index (χ2v) is 3.18. The standard InChI is InChI=1S/C8H14N4/c1-2-12-4-3-6-7(5-12)10-11-8(6)9/h2-5H2,1H3,(H3,9,10,11). The first-order chi connectivity index (χ1) is 5.81. The zero-order chi connectivity index (χ0) is 8.55. The average Bonchev–Trinajstić information content (AvgIpc) is 2.47. The van der Waals surface area contributed by atoms with E-state index in [1.54, 1.807) is 0 Å². The van der Waals surface area contributed by atoms with E-state index in [0.29, 0.717) is 0 Å². The van der Waals surface area contributed by atoms with E-state index in [1.165, 1.54) is 5.56 Å². The lowest BCUT2D eigenvalue weighted by Crippen LogP contribution is -2.30. The van der Waals surface area contributed by atoms with E-state index in [9.17, 15) is 0 Å². The van der Waals surface area contributed by atoms with Crippen molar-refractivity contribution in [1.29, 1.82) is 0 Å². The molecule has 0 saturated carbocycles. The quantitative estimate of drug-likeness (QED) is 0.633. The van der Waals surface area contributed by atoms with Gasteiger partial charge in [-0.1, -0.05) is 6.92 Å². The minimum atomic E-state index is 0.751. The van der Waals surface area contributed by atoms with E-state index < -0.39 is 0 Å². The first kappa shape index (κ1) is 7.61. The first-order valence-corrected chi connectivity index (χ1v) is 4.35. The predicted octanol–water partition coefficient (Wildman–Crippen LogP) is 0.370. The molecule has 0 aromatic carbocycles. The SMILES string of the molecule is CCN1CCc2c(n[nH]c2N)C1. The Hall–Kier alpha value is -1.03. The Morgan fingerprint density at radius 2 is 2.50 bits per heavy atom. The van der Waals surface area contributed by atoms with Crippen molar-refractivity contribution in [2.75, 3.05) is 18.8 Å². The number of fused-ring (bicyclic) bond motifs is 1. The number of nitrogen functional groups attached to an aromatic ring is 1. The predicted molar refractivity (Wildman–Crippen MR) is 47.7 cm³/mol. The van der Waals surface area contributed by atoms with Gasteiger partial charge in [-0.2, -0.15) is 5.10 Å². The van der Waals surface area contributed by atoms with E-state index in [0.717, 1.165) is 37.6 Å². The molecule has 0 amide bonds. The minimum Gasteiger partial charge on any atom is -0.384 e. The molecule has 0 saturated heterocycles. The molecule has 3 N–H and O–H groups in total. The van der Waals surface area contributed by atoms with Crippen molar-refractivity contribution in [3.8, 4) is 0 Å². The number of anilines is 1. The number of likely N-dealkylation sites (N-methyl/N-ethyl adjacent to an activating group) is 1. The molecule has 1 aromatic heterocycles. The Kier molecular flexibility index (Phi) is 1.77. The molecule has 4 heteroatoms. The molecule has 0 fully saturated rings. The van der Waals surface area contributed by atoms with Gasteiger partial charge in [0.1, 0.15) is 5.82 Å². The van der Waals surface area contributed by atoms with Crippen LogP contribution in [0.5, 0.6) is 0 Å². The van der Waals surface area contributed by atoms with E-state index in [2.05, 4.69) is 22.0 Å². The molecule has 1 aromatic rings. The summed E-state index contributed by atoms with van der Waals surface area (Å²) < 4.78 is 0. The molecule has 0 unspecified atom stereocenters. The molecule has 66 valence electrons. The Balaban J connectivity index is 2.24. The number of aromatic amines is 1. The van der Waals surface area contributed by atoms with Crippen molar-refractivity contribution < 1.29 is 0 Å². The van der Waals surface area contributed by atoms with Gasteiger partial charge in [-0.25, -0.2) is 0 Å². The number of H-pyrrole nitrogens is 1. The maximum absolute atomic E-state index is 5.71. The third-order valence-corrected chi connectivity index (χ3v) is 2.48. The molecule has 2 rings (SSSR count). The van der Waals surface area contributed by atoms with Gasteiger partial charge in [0.15, 0.2) is 0 Å². The molecule has 0 atom stereocenters. The largest absolute Gasteiger partial charge is 0.384 e. The van der Waals surface area contributed by atoms with Crippen LogP contribution < -0.4 is 5.73 Å². The van der Waals surface area contributed by atoms with Crippen molar-refractivity contribution in [3.05, 3.63) is 11.3 Å². The summed E-state index contributed by atoms with van der Waals surface area (Å²) in [6.45, 7) is 5.31. The van der Waals surface area contributed by atoms with Crippen LogP contribution in [0.15, 0.2) is 0 Å². The fourth-order valence-corrected chi connectivity index (χ4v) is 1.66. The van der Waals surface area contributed by atoms with Gasteiger partial charge in [0, 0.05) is 18.7 Å². The molecular weight excluding hydrogens is 152 g/mol. The third kappa shape index (κ3) is 1.08. The summed E-state index contributed by atoms with van der Waals surface area (Å²) in [6.07, 6.45) is 1.03. The third-order valence-electron chi connectivity index (χ3n) is 2.48. The maximum Gasteiger partial charge on any atom is 0.122 e. The summed E-state index contributed by atoms with van der Waals surface area (Å²) in [7, 11) is 0. The fraction of sp³-hybridized carbons (Fsp3) is 0.625. The Morgan fingerprint density at radius 3 is 3.25 bits per heavy atom. The summed E-state index contributed by atoms with van der Waals surface area (Å²) in [5.41, 5.74) is 8.06. The van der Waals surface area contributed by atoms with Gasteiger partial charge in [0.2, 0.25) is 0 Å². The van der Waals surface area contributed by atoms with Gasteiger partial charge in [-0.15, -0.1) is 0 Å². The summed E-state index contributed by atoms with van der Waals surface area (Å²) in [6, 6.07) is 0. The Bertz CT molecular complexity index is 279. The van der Waals surface area contributed by atoms with E-state index in [1.807, 2.05) is 0 Å². The van der Waals surface area contributed by atoms with Gasteiger partial charge in [-0.3, -0.25) is 10.00 Å². The van der Waals surface area contributed by atoms with Crippen LogP contribution in [0.25, 0.3) is 0 Å². The molecule has 4 nitrogen and oxygen atoms in total. The molecule has 1 aliphatic rings. The van der Waals surface area contributed by atoms with E-state index >= 15 is 0 Å². The van der Waals surface area contributed by atoms with Crippen molar-refractivity contribution in [1.82, 2.24) is 15.1 Å². The number of nitrogens with two attached hydrogens (primary N) is 1. The van der Waals surface area contributed by atoms with Crippen molar-refractivity contribution >= 4 is 5.82 Å². The van der Waals surface area contributed by atoms with Crippen LogP contribution in [0.2, 0.25) is 0 Å². The lowest BCUT2D eigenvalue weighted by Gasteiger charge is -2.24. The summed E-state index contributed by atoms with van der Waals surface area (Å²) >= 11 is 0. The van der Waals surface area contributed by atoms with E-state index in [4.69, 9.17) is 5.73 Å². The van der Waals surface area contributed by atoms with Crippen LogP contribution in [0.3, 0.4) is 0 Å². The zero-order valence-electron chi connectivity index (χ0n) is 7.30. The molecule has 0 radical (unpaired) electrons. The van der Waals surface area contributed by atoms with Gasteiger partial charge in [0.05, 0.1) is 5.69 Å². The first-order valence-electron chi connectivity index (χ1n) is 4.35. The molecule has 0 bridgehead atoms. The Labute approximate surface area is 71.7 Å². The van der Waals surface area contributed by atoms with Gasteiger partial charge >= 0.3 is 0 Å². The average molecular weight is 166 g/mol. The highest BCUT2D eigenvalue weighted by Crippen LogP contribution is 2.20. The normalized spacial score (nSPS) is 17.8. The second kappa shape index (κ2) is 2.79. The van der Waals surface area contributed by atoms with Crippen LogP contribution in [-0.2, 0) is 13.0 Å². The number of hydrogen-bond acceptors (Lipinski definition) is 3. The molecule has 0 spiro atoms. The van der Waals surface area contributed by atoms with Gasteiger partial charge in [0.25, 0.3) is 0 Å². The Morgan fingerprint density at radius 1 is 1.67 bits per heavy atom. The molecular formula is C8H14N4. The van der Waals surface area contributed by atoms with Crippen molar-refractivity contribution in [2.45, 2.75) is 19.9 Å². The van der Waals surface area contributed by atoms with Crippen LogP contribution in [0, 0.1) is 0 Å². The second-order valence-electron chi connectivity index (χ2n) is 3.18. The topological polar surface area (TPSA) is 57.9 Å². The highest BCUT2D eigenvalue weighted by Gasteiger charge is 2.19. The number of nitrogens with zero attached hydrogens (tertiary/aromatic N) is 2. The van der Waals surface area contributed by atoms with Crippen LogP contribution in [-0.4, -0.2) is 28.2 Å². The number of hydrogen-bond donors (Lipinski definition) is 2. The molecule has 1 aliphatic heterocycles. The van der Waals surface area contributed by atoms with E-state index in [-0.39, 0.29) is 0 Å². The highest BCUT2D eigenvalue weighted by molar-refractivity contribution is 5.43. The smallest absolute Gasteiger partial charge is 0.122 e. The summed E-state index contributed by atoms with van der Waals surface area (Å²) in [5, 5.41) is 6.99. The lowest BCUT2D eigenvalue weighted by molar-refractivity contribution is 0.265. The van der Waals surface area contributed by atoms with Crippen molar-refractivity contribution in [3.63, 3.8) is 0 Å². The minimum absolute atomic E-state index is 0.751. The molecule has 0 aliphatic carbocycles. The van der Waals surface area contributed by atoms with Crippen molar-refractivity contribution in [2.24, 2.45) is 0 Å². The van der Waals surface area contributed by atoms with Gasteiger partial charge in [-0.05, 0) is 13.0 Å². The number of rotatable bonds is 1. The maximum atomic E-state index is 5.71. The molecule has 2 heterocycles. The molecule has 12 heavy (non-hydrogen) atoms. The van der Waals surface area contributed by atoms with Crippen LogP contribution >= 0.6 is 0 Å².